The van der Waals surface area contributed by atoms with Crippen LogP contribution in [0.1, 0.15) is 26.3 Å². The van der Waals surface area contributed by atoms with Crippen molar-refractivity contribution in [2.45, 2.75) is 0 Å². The highest BCUT2D eigenvalue weighted by Gasteiger charge is 2.29. The van der Waals surface area contributed by atoms with Crippen molar-refractivity contribution in [1.29, 1.82) is 0 Å². The van der Waals surface area contributed by atoms with Gasteiger partial charge in [-0.2, -0.15) is 0 Å². The zero-order valence-corrected chi connectivity index (χ0v) is 14.2. The second kappa shape index (κ2) is 7.10. The van der Waals surface area contributed by atoms with Gasteiger partial charge in [0.25, 0.3) is 11.8 Å². The Morgan fingerprint density at radius 2 is 1.81 bits per heavy atom. The molecule has 2 N–H and O–H groups in total. The van der Waals surface area contributed by atoms with Crippen molar-refractivity contribution in [3.8, 4) is 11.5 Å². The Balaban J connectivity index is 1.77. The Hall–Kier alpha value is -3.61. The number of benzene rings is 2. The molecule has 26 heavy (non-hydrogen) atoms. The standard InChI is InChI=1S/C19H16N2O5/c1-25-14-8-6-11(10-15(14)26-2)7-9-16(22)20-13-5-3-4-12-17(13)19(24)21-18(12)23/h3-10H,1-2H3,(H,20,22)(H,21,23,24)/b9-7+. The molecule has 0 atom stereocenters. The van der Waals surface area contributed by atoms with E-state index in [9.17, 15) is 14.4 Å². The normalized spacial score (nSPS) is 12.7. The average Bonchev–Trinajstić information content (AvgIpc) is 2.94. The van der Waals surface area contributed by atoms with Crippen molar-refractivity contribution in [2.24, 2.45) is 0 Å². The van der Waals surface area contributed by atoms with Crippen LogP contribution in [0.4, 0.5) is 5.69 Å². The Morgan fingerprint density at radius 3 is 2.54 bits per heavy atom. The largest absolute Gasteiger partial charge is 0.493 e. The fourth-order valence-electron chi connectivity index (χ4n) is 2.63. The summed E-state index contributed by atoms with van der Waals surface area (Å²) in [4.78, 5) is 35.7. The van der Waals surface area contributed by atoms with E-state index in [1.54, 1.807) is 43.5 Å². The third kappa shape index (κ3) is 3.27. The van der Waals surface area contributed by atoms with Gasteiger partial charge in [0.1, 0.15) is 0 Å². The highest BCUT2D eigenvalue weighted by atomic mass is 16.5. The third-order valence-electron chi connectivity index (χ3n) is 3.86. The highest BCUT2D eigenvalue weighted by Crippen LogP contribution is 2.28. The quantitative estimate of drug-likeness (QED) is 0.636. The SMILES string of the molecule is COc1ccc(/C=C/C(=O)Nc2cccc3c2C(=O)NC3=O)cc1OC. The summed E-state index contributed by atoms with van der Waals surface area (Å²) in [6.45, 7) is 0. The second-order valence-electron chi connectivity index (χ2n) is 5.45. The van der Waals surface area contributed by atoms with Crippen LogP contribution in [-0.4, -0.2) is 31.9 Å². The summed E-state index contributed by atoms with van der Waals surface area (Å²) in [5, 5.41) is 4.82. The number of anilines is 1. The molecule has 3 rings (SSSR count). The maximum atomic E-state index is 12.2. The van der Waals surface area contributed by atoms with Gasteiger partial charge in [0, 0.05) is 6.08 Å². The topological polar surface area (TPSA) is 93.7 Å². The minimum absolute atomic E-state index is 0.172. The van der Waals surface area contributed by atoms with Crippen LogP contribution >= 0.6 is 0 Å². The number of rotatable bonds is 5. The molecule has 1 aliphatic rings. The maximum absolute atomic E-state index is 12.2. The van der Waals surface area contributed by atoms with Crippen LogP contribution in [-0.2, 0) is 4.79 Å². The van der Waals surface area contributed by atoms with E-state index in [2.05, 4.69) is 10.6 Å². The minimum Gasteiger partial charge on any atom is -0.493 e. The van der Waals surface area contributed by atoms with E-state index >= 15 is 0 Å². The molecule has 7 heteroatoms. The summed E-state index contributed by atoms with van der Waals surface area (Å²) in [7, 11) is 3.07. The van der Waals surface area contributed by atoms with E-state index in [0.29, 0.717) is 11.5 Å². The molecule has 1 heterocycles. The monoisotopic (exact) mass is 352 g/mol. The van der Waals surface area contributed by atoms with Gasteiger partial charge in [0.15, 0.2) is 11.5 Å². The Bertz CT molecular complexity index is 934. The molecule has 1 aliphatic heterocycles. The summed E-state index contributed by atoms with van der Waals surface area (Å²) in [5.74, 6) is -0.289. The van der Waals surface area contributed by atoms with Crippen LogP contribution in [0.15, 0.2) is 42.5 Å². The van der Waals surface area contributed by atoms with Gasteiger partial charge >= 0.3 is 0 Å². The van der Waals surface area contributed by atoms with Crippen molar-refractivity contribution in [2.75, 3.05) is 19.5 Å². The molecular formula is C19H16N2O5. The number of hydrogen-bond acceptors (Lipinski definition) is 5. The molecular weight excluding hydrogens is 336 g/mol. The summed E-state index contributed by atoms with van der Waals surface area (Å²) in [5.41, 5.74) is 1.44. The van der Waals surface area contributed by atoms with Crippen molar-refractivity contribution in [1.82, 2.24) is 5.32 Å². The third-order valence-corrected chi connectivity index (χ3v) is 3.86. The molecule has 0 saturated carbocycles. The molecule has 3 amide bonds. The van der Waals surface area contributed by atoms with Crippen LogP contribution in [0.2, 0.25) is 0 Å². The zero-order valence-electron chi connectivity index (χ0n) is 14.2. The molecule has 2 aromatic rings. The molecule has 0 saturated heterocycles. The molecule has 0 radical (unpaired) electrons. The molecule has 7 nitrogen and oxygen atoms in total. The lowest BCUT2D eigenvalue weighted by Gasteiger charge is -2.08. The first-order valence-electron chi connectivity index (χ1n) is 7.73. The second-order valence-corrected chi connectivity index (χ2v) is 5.45. The van der Waals surface area contributed by atoms with E-state index in [0.717, 1.165) is 5.56 Å². The number of carbonyl (C=O) groups excluding carboxylic acids is 3. The van der Waals surface area contributed by atoms with Crippen molar-refractivity contribution >= 4 is 29.5 Å². The van der Waals surface area contributed by atoms with Gasteiger partial charge in [-0.3, -0.25) is 19.7 Å². The Morgan fingerprint density at radius 1 is 1.04 bits per heavy atom. The molecule has 0 aromatic heterocycles. The van der Waals surface area contributed by atoms with Gasteiger partial charge in [0.2, 0.25) is 5.91 Å². The van der Waals surface area contributed by atoms with E-state index in [1.165, 1.54) is 19.3 Å². The van der Waals surface area contributed by atoms with Crippen molar-refractivity contribution in [3.05, 3.63) is 59.2 Å². The summed E-state index contributed by atoms with van der Waals surface area (Å²) in [6, 6.07) is 9.94. The van der Waals surface area contributed by atoms with Gasteiger partial charge in [0.05, 0.1) is 31.0 Å². The Kier molecular flexibility index (Phi) is 4.70. The van der Waals surface area contributed by atoms with E-state index in [-0.39, 0.29) is 16.8 Å². The number of amides is 3. The van der Waals surface area contributed by atoms with Crippen LogP contribution in [0.3, 0.4) is 0 Å². The van der Waals surface area contributed by atoms with E-state index in [1.807, 2.05) is 0 Å². The number of carbonyl (C=O) groups is 3. The molecule has 2 aromatic carbocycles. The predicted molar refractivity (Wildman–Crippen MR) is 95.4 cm³/mol. The number of ether oxygens (including phenoxy) is 2. The maximum Gasteiger partial charge on any atom is 0.261 e. The number of hydrogen-bond donors (Lipinski definition) is 2. The number of nitrogens with one attached hydrogen (secondary N) is 2. The summed E-state index contributed by atoms with van der Waals surface area (Å²) in [6.07, 6.45) is 2.93. The van der Waals surface area contributed by atoms with Crippen molar-refractivity contribution < 1.29 is 23.9 Å². The van der Waals surface area contributed by atoms with Gasteiger partial charge in [-0.1, -0.05) is 12.1 Å². The molecule has 0 unspecified atom stereocenters. The first-order valence-corrected chi connectivity index (χ1v) is 7.73. The zero-order chi connectivity index (χ0) is 18.7. The Labute approximate surface area is 149 Å². The fourth-order valence-corrected chi connectivity index (χ4v) is 2.63. The smallest absolute Gasteiger partial charge is 0.261 e. The van der Waals surface area contributed by atoms with Crippen LogP contribution < -0.4 is 20.1 Å². The molecule has 0 spiro atoms. The summed E-state index contributed by atoms with van der Waals surface area (Å²) < 4.78 is 10.4. The molecule has 0 fully saturated rings. The predicted octanol–water partition coefficient (Wildman–Crippen LogP) is 2.24. The molecule has 0 bridgehead atoms. The van der Waals surface area contributed by atoms with Crippen LogP contribution in [0.5, 0.6) is 11.5 Å². The van der Waals surface area contributed by atoms with E-state index < -0.39 is 17.7 Å². The fraction of sp³-hybridized carbons (Fsp3) is 0.105. The minimum atomic E-state index is -0.523. The van der Waals surface area contributed by atoms with Gasteiger partial charge in [-0.05, 0) is 35.9 Å². The summed E-state index contributed by atoms with van der Waals surface area (Å²) >= 11 is 0. The highest BCUT2D eigenvalue weighted by molar-refractivity contribution is 6.24. The number of imide groups is 1. The number of fused-ring (bicyclic) bond motifs is 1. The lowest BCUT2D eigenvalue weighted by molar-refractivity contribution is -0.111. The van der Waals surface area contributed by atoms with Gasteiger partial charge in [-0.25, -0.2) is 0 Å². The first kappa shape index (κ1) is 17.2. The van der Waals surface area contributed by atoms with Crippen LogP contribution in [0, 0.1) is 0 Å². The lowest BCUT2D eigenvalue weighted by atomic mass is 10.1. The van der Waals surface area contributed by atoms with Gasteiger partial charge < -0.3 is 14.8 Å². The molecule has 132 valence electrons. The van der Waals surface area contributed by atoms with Crippen molar-refractivity contribution in [3.63, 3.8) is 0 Å². The average molecular weight is 352 g/mol. The first-order chi connectivity index (χ1) is 12.5. The number of methoxy groups -OCH3 is 2. The van der Waals surface area contributed by atoms with E-state index in [4.69, 9.17) is 9.47 Å². The molecule has 0 aliphatic carbocycles. The van der Waals surface area contributed by atoms with Gasteiger partial charge in [-0.15, -0.1) is 0 Å². The lowest BCUT2D eigenvalue weighted by Crippen LogP contribution is -2.20. The van der Waals surface area contributed by atoms with Crippen LogP contribution in [0.25, 0.3) is 6.08 Å².